The molecule has 0 atom stereocenters. The van der Waals surface area contributed by atoms with E-state index >= 15 is 0 Å². The number of fused-ring (bicyclic) bond motifs is 1. The summed E-state index contributed by atoms with van der Waals surface area (Å²) in [7, 11) is 1.42. The fraction of sp³-hybridized carbons (Fsp3) is 0.391. The summed E-state index contributed by atoms with van der Waals surface area (Å²) < 4.78 is 18.5. The van der Waals surface area contributed by atoms with Gasteiger partial charge in [-0.2, -0.15) is 0 Å². The molecule has 168 valence electrons. The van der Waals surface area contributed by atoms with Crippen LogP contribution in [0.25, 0.3) is 0 Å². The Hall–Kier alpha value is -2.58. The molecule has 31 heavy (non-hydrogen) atoms. The number of aromatic amines is 1. The lowest BCUT2D eigenvalue weighted by Crippen LogP contribution is -2.31. The molecule has 0 bridgehead atoms. The van der Waals surface area contributed by atoms with E-state index in [1.165, 1.54) is 24.9 Å². The van der Waals surface area contributed by atoms with Crippen molar-refractivity contribution in [1.29, 1.82) is 0 Å². The SMILES string of the molecule is CCCN.COc1ccc(S/C=C/CNC(=O)c2cc3c([nH]c2=O)CCCC3)cc1F. The number of carbonyl (C=O) groups is 1. The summed E-state index contributed by atoms with van der Waals surface area (Å²) in [6.07, 6.45) is 6.73. The molecule has 0 aliphatic heterocycles. The van der Waals surface area contributed by atoms with Gasteiger partial charge in [-0.05, 0) is 73.9 Å². The Bertz CT molecular complexity index is 958. The number of ether oxygens (including phenoxy) is 1. The van der Waals surface area contributed by atoms with E-state index in [1.807, 2.05) is 0 Å². The van der Waals surface area contributed by atoms with E-state index in [1.54, 1.807) is 29.7 Å². The number of aryl methyl sites for hydroxylation is 2. The number of aromatic nitrogens is 1. The molecule has 1 aliphatic carbocycles. The largest absolute Gasteiger partial charge is 0.494 e. The van der Waals surface area contributed by atoms with Crippen molar-refractivity contribution >= 4 is 17.7 Å². The smallest absolute Gasteiger partial charge is 0.261 e. The number of benzene rings is 1. The Labute approximate surface area is 186 Å². The number of carbonyl (C=O) groups excluding carboxylic acids is 1. The maximum Gasteiger partial charge on any atom is 0.261 e. The number of halogens is 1. The van der Waals surface area contributed by atoms with Crippen LogP contribution in [0.1, 0.15) is 47.8 Å². The lowest BCUT2D eigenvalue weighted by atomic mass is 9.95. The van der Waals surface area contributed by atoms with Crippen molar-refractivity contribution in [3.8, 4) is 5.75 Å². The molecule has 1 amide bonds. The topological polar surface area (TPSA) is 97.2 Å². The van der Waals surface area contributed by atoms with E-state index in [2.05, 4.69) is 17.2 Å². The zero-order valence-electron chi connectivity index (χ0n) is 18.0. The first-order valence-electron chi connectivity index (χ1n) is 10.4. The number of pyridine rings is 1. The van der Waals surface area contributed by atoms with E-state index in [9.17, 15) is 14.0 Å². The van der Waals surface area contributed by atoms with Crippen molar-refractivity contribution in [3.63, 3.8) is 0 Å². The molecule has 6 nitrogen and oxygen atoms in total. The lowest BCUT2D eigenvalue weighted by molar-refractivity contribution is 0.0956. The Kier molecular flexibility index (Phi) is 10.3. The molecule has 0 spiro atoms. The minimum Gasteiger partial charge on any atom is -0.494 e. The van der Waals surface area contributed by atoms with Gasteiger partial charge in [0.2, 0.25) is 0 Å². The molecule has 1 aromatic carbocycles. The highest BCUT2D eigenvalue weighted by atomic mass is 32.2. The summed E-state index contributed by atoms with van der Waals surface area (Å²) in [5.41, 5.74) is 6.83. The molecule has 0 saturated carbocycles. The summed E-state index contributed by atoms with van der Waals surface area (Å²) in [5.74, 6) is -0.614. The van der Waals surface area contributed by atoms with Crippen molar-refractivity contribution in [2.24, 2.45) is 5.73 Å². The molecule has 1 aromatic heterocycles. The van der Waals surface area contributed by atoms with Gasteiger partial charge in [0.1, 0.15) is 5.56 Å². The third kappa shape index (κ3) is 7.56. The summed E-state index contributed by atoms with van der Waals surface area (Å²) in [6, 6.07) is 6.41. The molecular formula is C23H30FN3O3S. The van der Waals surface area contributed by atoms with Crippen LogP contribution < -0.4 is 21.3 Å². The minimum absolute atomic E-state index is 0.147. The van der Waals surface area contributed by atoms with Crippen LogP contribution in [0.15, 0.2) is 45.4 Å². The minimum atomic E-state index is -0.421. The average molecular weight is 448 g/mol. The molecule has 0 unspecified atom stereocenters. The van der Waals surface area contributed by atoms with E-state index in [-0.39, 0.29) is 23.4 Å². The van der Waals surface area contributed by atoms with Crippen LogP contribution in [-0.2, 0) is 12.8 Å². The molecule has 3 rings (SSSR count). The van der Waals surface area contributed by atoms with Gasteiger partial charge in [-0.15, -0.1) is 0 Å². The van der Waals surface area contributed by atoms with E-state index in [0.29, 0.717) is 0 Å². The standard InChI is InChI=1S/C20H21FN2O3S.C3H9N/c1-26-18-8-7-14(12-16(18)21)27-10-4-9-22-19(24)15-11-13-5-2-3-6-17(13)23-20(15)25;1-2-3-4/h4,7-8,10-12H,2-3,5-6,9H2,1H3,(H,22,24)(H,23,25);2-4H2,1H3/b10-4+;. The Balaban J connectivity index is 0.000000785. The molecular weight excluding hydrogens is 417 g/mol. The fourth-order valence-electron chi connectivity index (χ4n) is 2.99. The molecule has 8 heteroatoms. The van der Waals surface area contributed by atoms with Crippen molar-refractivity contribution in [2.75, 3.05) is 20.2 Å². The molecule has 2 aromatic rings. The summed E-state index contributed by atoms with van der Waals surface area (Å²) in [6.45, 7) is 3.15. The van der Waals surface area contributed by atoms with Crippen LogP contribution in [0, 0.1) is 5.82 Å². The van der Waals surface area contributed by atoms with Gasteiger partial charge in [0, 0.05) is 17.1 Å². The van der Waals surface area contributed by atoms with Crippen LogP contribution in [0.5, 0.6) is 5.75 Å². The van der Waals surface area contributed by atoms with Crippen LogP contribution in [0.3, 0.4) is 0 Å². The zero-order valence-corrected chi connectivity index (χ0v) is 18.8. The number of thioether (sulfide) groups is 1. The third-order valence-electron chi connectivity index (χ3n) is 4.68. The van der Waals surface area contributed by atoms with Gasteiger partial charge in [0.25, 0.3) is 11.5 Å². The van der Waals surface area contributed by atoms with E-state index in [4.69, 9.17) is 10.5 Å². The molecule has 0 saturated heterocycles. The zero-order chi connectivity index (χ0) is 22.6. The number of rotatable bonds is 7. The van der Waals surface area contributed by atoms with Gasteiger partial charge < -0.3 is 20.8 Å². The van der Waals surface area contributed by atoms with Crippen LogP contribution in [0.2, 0.25) is 0 Å². The fourth-order valence-corrected chi connectivity index (χ4v) is 3.65. The average Bonchev–Trinajstić information content (AvgIpc) is 2.78. The van der Waals surface area contributed by atoms with Crippen LogP contribution >= 0.6 is 11.8 Å². The second-order valence-corrected chi connectivity index (χ2v) is 7.99. The van der Waals surface area contributed by atoms with Crippen molar-refractivity contribution in [3.05, 3.63) is 68.7 Å². The highest BCUT2D eigenvalue weighted by molar-refractivity contribution is 8.02. The van der Waals surface area contributed by atoms with Gasteiger partial charge in [-0.25, -0.2) is 4.39 Å². The van der Waals surface area contributed by atoms with Crippen LogP contribution in [-0.4, -0.2) is 31.1 Å². The van der Waals surface area contributed by atoms with Gasteiger partial charge in [-0.1, -0.05) is 24.8 Å². The molecule has 1 aliphatic rings. The Morgan fingerprint density at radius 3 is 2.74 bits per heavy atom. The molecule has 1 heterocycles. The molecule has 4 N–H and O–H groups in total. The van der Waals surface area contributed by atoms with Gasteiger partial charge >= 0.3 is 0 Å². The van der Waals surface area contributed by atoms with Gasteiger partial charge in [0.15, 0.2) is 11.6 Å². The Morgan fingerprint density at radius 1 is 1.32 bits per heavy atom. The predicted octanol–water partition coefficient (Wildman–Crippen LogP) is 3.79. The van der Waals surface area contributed by atoms with Crippen molar-refractivity contribution < 1.29 is 13.9 Å². The maximum absolute atomic E-state index is 13.6. The van der Waals surface area contributed by atoms with Gasteiger partial charge in [0.05, 0.1) is 7.11 Å². The first-order chi connectivity index (χ1) is 15.0. The second kappa shape index (κ2) is 13.0. The van der Waals surface area contributed by atoms with Crippen LogP contribution in [0.4, 0.5) is 4.39 Å². The number of H-pyrrole nitrogens is 1. The monoisotopic (exact) mass is 447 g/mol. The summed E-state index contributed by atoms with van der Waals surface area (Å²) >= 11 is 1.33. The van der Waals surface area contributed by atoms with E-state index in [0.717, 1.165) is 54.8 Å². The first kappa shape index (κ1) is 24.7. The maximum atomic E-state index is 13.6. The number of nitrogens with one attached hydrogen (secondary N) is 2. The summed E-state index contributed by atoms with van der Waals surface area (Å²) in [5, 5.41) is 4.47. The highest BCUT2D eigenvalue weighted by Crippen LogP contribution is 2.25. The number of methoxy groups -OCH3 is 1. The number of nitrogens with two attached hydrogens (primary N) is 1. The van der Waals surface area contributed by atoms with Gasteiger partial charge in [-0.3, -0.25) is 9.59 Å². The van der Waals surface area contributed by atoms with Crippen molar-refractivity contribution in [2.45, 2.75) is 43.9 Å². The third-order valence-corrected chi connectivity index (χ3v) is 5.53. The number of amides is 1. The molecule has 0 fully saturated rings. The molecule has 0 radical (unpaired) electrons. The van der Waals surface area contributed by atoms with E-state index < -0.39 is 11.7 Å². The van der Waals surface area contributed by atoms with Crippen molar-refractivity contribution in [1.82, 2.24) is 10.3 Å². The number of hydrogen-bond acceptors (Lipinski definition) is 5. The predicted molar refractivity (Wildman–Crippen MR) is 123 cm³/mol. The Morgan fingerprint density at radius 2 is 2.06 bits per heavy atom. The second-order valence-electron chi connectivity index (χ2n) is 7.01. The lowest BCUT2D eigenvalue weighted by Gasteiger charge is -2.15. The summed E-state index contributed by atoms with van der Waals surface area (Å²) in [4.78, 5) is 27.9. The quantitative estimate of drug-likeness (QED) is 0.561. The highest BCUT2D eigenvalue weighted by Gasteiger charge is 2.16. The number of hydrogen-bond donors (Lipinski definition) is 3. The normalized spacial score (nSPS) is 12.6. The first-order valence-corrected chi connectivity index (χ1v) is 11.3.